The minimum absolute atomic E-state index is 0.0257. The van der Waals surface area contributed by atoms with Crippen LogP contribution >= 0.6 is 0 Å². The van der Waals surface area contributed by atoms with Crippen molar-refractivity contribution in [2.24, 2.45) is 0 Å². The number of carbonyl (C=O) groups is 2. The standard InChI is InChI=1S/C15H19FN2O2/c1-11-8-12(3-5-14(11)16)2-4-13(19)10-18-7-6-17-9-15(18)20/h3,5,8,17H,2,4,6-7,9-10H2,1H3. The number of ketones is 1. The molecule has 2 rings (SSSR count). The number of rotatable bonds is 5. The van der Waals surface area contributed by atoms with E-state index in [0.29, 0.717) is 31.5 Å². The summed E-state index contributed by atoms with van der Waals surface area (Å²) in [5.41, 5.74) is 1.54. The average Bonchev–Trinajstić information content (AvgIpc) is 2.43. The second-order valence-electron chi connectivity index (χ2n) is 5.11. The molecule has 0 aliphatic carbocycles. The summed E-state index contributed by atoms with van der Waals surface area (Å²) in [7, 11) is 0. The first-order valence-electron chi connectivity index (χ1n) is 6.81. The summed E-state index contributed by atoms with van der Waals surface area (Å²) in [4.78, 5) is 25.0. The number of amides is 1. The Hall–Kier alpha value is -1.75. The highest BCUT2D eigenvalue weighted by Crippen LogP contribution is 2.11. The van der Waals surface area contributed by atoms with Crippen LogP contribution in [0.5, 0.6) is 0 Å². The lowest BCUT2D eigenvalue weighted by atomic mass is 10.0. The van der Waals surface area contributed by atoms with Gasteiger partial charge in [0.1, 0.15) is 5.82 Å². The molecule has 1 amide bonds. The second-order valence-corrected chi connectivity index (χ2v) is 5.11. The normalized spacial score (nSPS) is 15.5. The number of Topliss-reactive ketones (excluding diaryl/α,β-unsaturated/α-hetero) is 1. The number of piperazine rings is 1. The quantitative estimate of drug-likeness (QED) is 0.876. The molecule has 0 radical (unpaired) electrons. The lowest BCUT2D eigenvalue weighted by Gasteiger charge is -2.26. The van der Waals surface area contributed by atoms with E-state index < -0.39 is 0 Å². The smallest absolute Gasteiger partial charge is 0.236 e. The van der Waals surface area contributed by atoms with Crippen molar-refractivity contribution >= 4 is 11.7 Å². The van der Waals surface area contributed by atoms with Crippen molar-refractivity contribution in [3.63, 3.8) is 0 Å². The van der Waals surface area contributed by atoms with Crippen LogP contribution in [-0.2, 0) is 16.0 Å². The Morgan fingerprint density at radius 2 is 2.25 bits per heavy atom. The van der Waals surface area contributed by atoms with Crippen molar-refractivity contribution in [2.75, 3.05) is 26.2 Å². The lowest BCUT2D eigenvalue weighted by molar-refractivity contribution is -0.136. The van der Waals surface area contributed by atoms with Gasteiger partial charge in [0.2, 0.25) is 5.91 Å². The number of halogens is 1. The molecule has 5 heteroatoms. The van der Waals surface area contributed by atoms with Gasteiger partial charge >= 0.3 is 0 Å². The van der Waals surface area contributed by atoms with Crippen LogP contribution in [0.2, 0.25) is 0 Å². The molecule has 0 spiro atoms. The molecule has 0 saturated carbocycles. The molecule has 1 fully saturated rings. The van der Waals surface area contributed by atoms with Crippen LogP contribution in [-0.4, -0.2) is 42.8 Å². The predicted molar refractivity (Wildman–Crippen MR) is 73.9 cm³/mol. The number of nitrogens with one attached hydrogen (secondary N) is 1. The predicted octanol–water partition coefficient (Wildman–Crippen LogP) is 1.07. The molecule has 20 heavy (non-hydrogen) atoms. The van der Waals surface area contributed by atoms with Gasteiger partial charge in [-0.25, -0.2) is 4.39 Å². The van der Waals surface area contributed by atoms with Crippen LogP contribution in [0.1, 0.15) is 17.5 Å². The summed E-state index contributed by atoms with van der Waals surface area (Å²) in [6.45, 7) is 3.52. The monoisotopic (exact) mass is 278 g/mol. The van der Waals surface area contributed by atoms with Crippen molar-refractivity contribution in [2.45, 2.75) is 19.8 Å². The summed E-state index contributed by atoms with van der Waals surface area (Å²) in [5, 5.41) is 2.97. The van der Waals surface area contributed by atoms with Gasteiger partial charge in [0.15, 0.2) is 5.78 Å². The van der Waals surface area contributed by atoms with Crippen LogP contribution in [0, 0.1) is 12.7 Å². The molecule has 4 nitrogen and oxygen atoms in total. The SMILES string of the molecule is Cc1cc(CCC(=O)CN2CCNCC2=O)ccc1F. The summed E-state index contributed by atoms with van der Waals surface area (Å²) in [6.07, 6.45) is 0.961. The Bertz CT molecular complexity index is 517. The summed E-state index contributed by atoms with van der Waals surface area (Å²) in [6, 6.07) is 4.89. The zero-order valence-electron chi connectivity index (χ0n) is 11.6. The molecule has 1 aromatic carbocycles. The third-order valence-corrected chi connectivity index (χ3v) is 3.47. The van der Waals surface area contributed by atoms with E-state index in [4.69, 9.17) is 0 Å². The van der Waals surface area contributed by atoms with E-state index in [1.54, 1.807) is 24.0 Å². The molecule has 0 aromatic heterocycles. The fourth-order valence-corrected chi connectivity index (χ4v) is 2.25. The van der Waals surface area contributed by atoms with Crippen molar-refractivity contribution in [1.82, 2.24) is 10.2 Å². The van der Waals surface area contributed by atoms with Gasteiger partial charge in [0.05, 0.1) is 13.1 Å². The third kappa shape index (κ3) is 3.87. The molecule has 108 valence electrons. The molecule has 1 saturated heterocycles. The first-order valence-corrected chi connectivity index (χ1v) is 6.81. The zero-order valence-corrected chi connectivity index (χ0v) is 11.6. The van der Waals surface area contributed by atoms with Crippen LogP contribution < -0.4 is 5.32 Å². The highest BCUT2D eigenvalue weighted by atomic mass is 19.1. The molecule has 0 atom stereocenters. The van der Waals surface area contributed by atoms with Gasteiger partial charge in [0.25, 0.3) is 0 Å². The van der Waals surface area contributed by atoms with Crippen molar-refractivity contribution in [3.05, 3.63) is 35.1 Å². The topological polar surface area (TPSA) is 49.4 Å². The number of hydrogen-bond acceptors (Lipinski definition) is 3. The van der Waals surface area contributed by atoms with E-state index in [0.717, 1.165) is 12.1 Å². The van der Waals surface area contributed by atoms with Crippen molar-refractivity contribution in [3.8, 4) is 0 Å². The van der Waals surface area contributed by atoms with Crippen LogP contribution in [0.25, 0.3) is 0 Å². The number of aryl methyl sites for hydroxylation is 2. The van der Waals surface area contributed by atoms with E-state index in [1.165, 1.54) is 6.07 Å². The number of hydrogen-bond donors (Lipinski definition) is 1. The highest BCUT2D eigenvalue weighted by Gasteiger charge is 2.19. The van der Waals surface area contributed by atoms with Gasteiger partial charge in [-0.15, -0.1) is 0 Å². The molecule has 0 bridgehead atoms. The van der Waals surface area contributed by atoms with Gasteiger partial charge in [0, 0.05) is 19.5 Å². The lowest BCUT2D eigenvalue weighted by Crippen LogP contribution is -2.49. The van der Waals surface area contributed by atoms with E-state index >= 15 is 0 Å². The summed E-state index contributed by atoms with van der Waals surface area (Å²) < 4.78 is 13.1. The maximum Gasteiger partial charge on any atom is 0.236 e. The van der Waals surface area contributed by atoms with Gasteiger partial charge in [-0.05, 0) is 30.5 Å². The molecule has 0 unspecified atom stereocenters. The maximum atomic E-state index is 13.1. The Balaban J connectivity index is 1.82. The average molecular weight is 278 g/mol. The highest BCUT2D eigenvalue weighted by molar-refractivity contribution is 5.87. The first kappa shape index (κ1) is 14.7. The third-order valence-electron chi connectivity index (χ3n) is 3.47. The minimum Gasteiger partial charge on any atom is -0.333 e. The van der Waals surface area contributed by atoms with E-state index in [-0.39, 0.29) is 24.1 Å². The number of benzene rings is 1. The Kier molecular flexibility index (Phi) is 4.84. The van der Waals surface area contributed by atoms with E-state index in [1.807, 2.05) is 0 Å². The van der Waals surface area contributed by atoms with Crippen LogP contribution in [0.3, 0.4) is 0 Å². The van der Waals surface area contributed by atoms with Gasteiger partial charge in [-0.1, -0.05) is 12.1 Å². The largest absolute Gasteiger partial charge is 0.333 e. The minimum atomic E-state index is -0.230. The van der Waals surface area contributed by atoms with Crippen LogP contribution in [0.15, 0.2) is 18.2 Å². The molecule has 1 N–H and O–H groups in total. The van der Waals surface area contributed by atoms with Crippen molar-refractivity contribution in [1.29, 1.82) is 0 Å². The van der Waals surface area contributed by atoms with E-state index in [2.05, 4.69) is 5.32 Å². The second kappa shape index (κ2) is 6.61. The molecular weight excluding hydrogens is 259 g/mol. The van der Waals surface area contributed by atoms with E-state index in [9.17, 15) is 14.0 Å². The Morgan fingerprint density at radius 1 is 1.45 bits per heavy atom. The zero-order chi connectivity index (χ0) is 14.5. The molecular formula is C15H19FN2O2. The number of nitrogens with zero attached hydrogens (tertiary/aromatic N) is 1. The van der Waals surface area contributed by atoms with Crippen LogP contribution in [0.4, 0.5) is 4.39 Å². The summed E-state index contributed by atoms with van der Waals surface area (Å²) in [5.74, 6) is -0.212. The summed E-state index contributed by atoms with van der Waals surface area (Å²) >= 11 is 0. The van der Waals surface area contributed by atoms with Gasteiger partial charge in [-0.3, -0.25) is 9.59 Å². The molecule has 1 heterocycles. The molecule has 1 aromatic rings. The molecule has 1 aliphatic heterocycles. The van der Waals surface area contributed by atoms with Gasteiger partial charge < -0.3 is 10.2 Å². The number of carbonyl (C=O) groups excluding carboxylic acids is 2. The Morgan fingerprint density at radius 3 is 2.95 bits per heavy atom. The van der Waals surface area contributed by atoms with Crippen molar-refractivity contribution < 1.29 is 14.0 Å². The maximum absolute atomic E-state index is 13.1. The van der Waals surface area contributed by atoms with Gasteiger partial charge in [-0.2, -0.15) is 0 Å². The fraction of sp³-hybridized carbons (Fsp3) is 0.467. The molecule has 1 aliphatic rings. The Labute approximate surface area is 118 Å². The first-order chi connectivity index (χ1) is 9.56. The fourth-order valence-electron chi connectivity index (χ4n) is 2.25.